The second kappa shape index (κ2) is 8.58. The molecule has 27 heavy (non-hydrogen) atoms. The molecule has 3 rings (SSSR count). The Bertz CT molecular complexity index is 805. The minimum Gasteiger partial charge on any atom is -0.497 e. The highest BCUT2D eigenvalue weighted by atomic mass is 16.5. The normalized spacial score (nSPS) is 14.2. The van der Waals surface area contributed by atoms with Gasteiger partial charge in [0.05, 0.1) is 7.11 Å². The molecule has 2 aromatic rings. The van der Waals surface area contributed by atoms with E-state index >= 15 is 0 Å². The maximum atomic E-state index is 12.2. The number of anilines is 2. The number of urea groups is 1. The maximum absolute atomic E-state index is 12.2. The van der Waals surface area contributed by atoms with Crippen molar-refractivity contribution in [2.75, 3.05) is 37.5 Å². The monoisotopic (exact) mass is 367 g/mol. The third-order valence-electron chi connectivity index (χ3n) is 4.67. The van der Waals surface area contributed by atoms with E-state index in [1.807, 2.05) is 55.6 Å². The Morgan fingerprint density at radius 3 is 2.67 bits per heavy atom. The first kappa shape index (κ1) is 18.8. The van der Waals surface area contributed by atoms with Crippen molar-refractivity contribution in [2.24, 2.45) is 0 Å². The Morgan fingerprint density at radius 1 is 1.15 bits per heavy atom. The number of rotatable bonds is 6. The van der Waals surface area contributed by atoms with Gasteiger partial charge in [0, 0.05) is 37.9 Å². The summed E-state index contributed by atoms with van der Waals surface area (Å²) in [6.45, 7) is 1.51. The minimum atomic E-state index is -0.0423. The fraction of sp³-hybridized carbons (Fsp3) is 0.333. The van der Waals surface area contributed by atoms with E-state index in [1.54, 1.807) is 16.9 Å². The second-order valence-electron chi connectivity index (χ2n) is 6.66. The number of amides is 3. The quantitative estimate of drug-likeness (QED) is 0.850. The van der Waals surface area contributed by atoms with E-state index in [0.717, 1.165) is 42.2 Å². The van der Waals surface area contributed by atoms with Crippen molar-refractivity contribution in [3.63, 3.8) is 0 Å². The summed E-state index contributed by atoms with van der Waals surface area (Å²) >= 11 is 0. The van der Waals surface area contributed by atoms with Gasteiger partial charge in [-0.15, -0.1) is 0 Å². The first-order valence-electron chi connectivity index (χ1n) is 9.12. The molecule has 0 atom stereocenters. The molecule has 0 aliphatic carbocycles. The zero-order valence-corrected chi connectivity index (χ0v) is 15.8. The maximum Gasteiger partial charge on any atom is 0.324 e. The molecule has 6 nitrogen and oxygen atoms in total. The first-order valence-corrected chi connectivity index (χ1v) is 9.12. The van der Waals surface area contributed by atoms with Crippen LogP contribution in [0.2, 0.25) is 0 Å². The van der Waals surface area contributed by atoms with Crippen LogP contribution in [-0.4, -0.2) is 44.1 Å². The summed E-state index contributed by atoms with van der Waals surface area (Å²) in [5, 5.41) is 2.91. The van der Waals surface area contributed by atoms with Gasteiger partial charge in [-0.3, -0.25) is 9.69 Å². The third kappa shape index (κ3) is 4.78. The van der Waals surface area contributed by atoms with Crippen LogP contribution in [0.15, 0.2) is 48.5 Å². The molecule has 1 aliphatic heterocycles. The minimum absolute atomic E-state index is 0.0105. The lowest BCUT2D eigenvalue weighted by molar-refractivity contribution is -0.116. The van der Waals surface area contributed by atoms with Crippen LogP contribution in [0.25, 0.3) is 0 Å². The zero-order valence-electron chi connectivity index (χ0n) is 15.8. The number of nitrogens with one attached hydrogen (secondary N) is 1. The molecule has 1 saturated heterocycles. The van der Waals surface area contributed by atoms with Gasteiger partial charge >= 0.3 is 6.03 Å². The topological polar surface area (TPSA) is 61.9 Å². The molecule has 1 N–H and O–H groups in total. The number of hydrogen-bond acceptors (Lipinski definition) is 3. The SMILES string of the molecule is COc1cccc(CCC(=O)Nc2ccc(N3CCCN(C)C3=O)cc2)c1. The largest absolute Gasteiger partial charge is 0.497 e. The van der Waals surface area contributed by atoms with Gasteiger partial charge in [0.1, 0.15) is 5.75 Å². The van der Waals surface area contributed by atoms with Gasteiger partial charge in [-0.05, 0) is 54.8 Å². The standard InChI is InChI=1S/C21H25N3O3/c1-23-13-4-14-24(21(23)26)18-10-8-17(9-11-18)22-20(25)12-7-16-5-3-6-19(15-16)27-2/h3,5-6,8-11,15H,4,7,12-14H2,1-2H3,(H,22,25). The summed E-state index contributed by atoms with van der Waals surface area (Å²) in [6.07, 6.45) is 1.99. The molecule has 1 heterocycles. The van der Waals surface area contributed by atoms with Crippen LogP contribution >= 0.6 is 0 Å². The van der Waals surface area contributed by atoms with Gasteiger partial charge in [0.25, 0.3) is 0 Å². The van der Waals surface area contributed by atoms with Gasteiger partial charge in [-0.1, -0.05) is 12.1 Å². The van der Waals surface area contributed by atoms with Crippen LogP contribution < -0.4 is 15.0 Å². The van der Waals surface area contributed by atoms with Crippen molar-refractivity contribution in [2.45, 2.75) is 19.3 Å². The summed E-state index contributed by atoms with van der Waals surface area (Å²) in [5.74, 6) is 0.751. The number of hydrogen-bond donors (Lipinski definition) is 1. The number of methoxy groups -OCH3 is 1. The number of benzene rings is 2. The van der Waals surface area contributed by atoms with Crippen LogP contribution in [0, 0.1) is 0 Å². The van der Waals surface area contributed by atoms with Crippen molar-refractivity contribution in [3.05, 3.63) is 54.1 Å². The summed E-state index contributed by atoms with van der Waals surface area (Å²) in [4.78, 5) is 27.9. The van der Waals surface area contributed by atoms with Gasteiger partial charge in [-0.25, -0.2) is 4.79 Å². The summed E-state index contributed by atoms with van der Waals surface area (Å²) in [6, 6.07) is 15.1. The molecule has 6 heteroatoms. The summed E-state index contributed by atoms with van der Waals surface area (Å²) in [7, 11) is 3.44. The van der Waals surface area contributed by atoms with Crippen molar-refractivity contribution < 1.29 is 14.3 Å². The van der Waals surface area contributed by atoms with E-state index in [0.29, 0.717) is 12.8 Å². The molecular formula is C21H25N3O3. The molecule has 0 unspecified atom stereocenters. The average Bonchev–Trinajstić information content (AvgIpc) is 2.69. The Morgan fingerprint density at radius 2 is 1.93 bits per heavy atom. The molecule has 0 spiro atoms. The van der Waals surface area contributed by atoms with Crippen LogP contribution in [0.3, 0.4) is 0 Å². The predicted molar refractivity (Wildman–Crippen MR) is 106 cm³/mol. The number of carbonyl (C=O) groups excluding carboxylic acids is 2. The van der Waals surface area contributed by atoms with Crippen molar-refractivity contribution in [1.82, 2.24) is 4.90 Å². The number of ether oxygens (including phenoxy) is 1. The van der Waals surface area contributed by atoms with Crippen LogP contribution in [0.4, 0.5) is 16.2 Å². The van der Waals surface area contributed by atoms with Gasteiger partial charge in [0.15, 0.2) is 0 Å². The molecule has 1 fully saturated rings. The lowest BCUT2D eigenvalue weighted by Gasteiger charge is -2.33. The highest BCUT2D eigenvalue weighted by Crippen LogP contribution is 2.22. The Hall–Kier alpha value is -3.02. The van der Waals surface area contributed by atoms with Crippen LogP contribution in [-0.2, 0) is 11.2 Å². The number of nitrogens with zero attached hydrogens (tertiary/aromatic N) is 2. The molecule has 142 valence electrons. The lowest BCUT2D eigenvalue weighted by atomic mass is 10.1. The fourth-order valence-corrected chi connectivity index (χ4v) is 3.14. The van der Waals surface area contributed by atoms with Gasteiger partial charge in [-0.2, -0.15) is 0 Å². The zero-order chi connectivity index (χ0) is 19.2. The molecule has 0 radical (unpaired) electrons. The molecular weight excluding hydrogens is 342 g/mol. The number of aryl methyl sites for hydroxylation is 1. The second-order valence-corrected chi connectivity index (χ2v) is 6.66. The molecule has 2 aromatic carbocycles. The van der Waals surface area contributed by atoms with Gasteiger partial charge < -0.3 is 15.0 Å². The highest BCUT2D eigenvalue weighted by Gasteiger charge is 2.23. The third-order valence-corrected chi connectivity index (χ3v) is 4.67. The fourth-order valence-electron chi connectivity index (χ4n) is 3.14. The number of carbonyl (C=O) groups is 2. The van der Waals surface area contributed by atoms with E-state index in [2.05, 4.69) is 5.32 Å². The Kier molecular flexibility index (Phi) is 5.96. The Labute approximate surface area is 159 Å². The summed E-state index contributed by atoms with van der Waals surface area (Å²) in [5.41, 5.74) is 2.64. The van der Waals surface area contributed by atoms with Crippen LogP contribution in [0.5, 0.6) is 5.75 Å². The molecule has 0 saturated carbocycles. The van der Waals surface area contributed by atoms with Crippen molar-refractivity contribution in [1.29, 1.82) is 0 Å². The van der Waals surface area contributed by atoms with E-state index in [1.165, 1.54) is 0 Å². The first-order chi connectivity index (χ1) is 13.1. The lowest BCUT2D eigenvalue weighted by Crippen LogP contribution is -2.47. The predicted octanol–water partition coefficient (Wildman–Crippen LogP) is 3.53. The van der Waals surface area contributed by atoms with E-state index in [4.69, 9.17) is 4.74 Å². The van der Waals surface area contributed by atoms with Crippen molar-refractivity contribution >= 4 is 23.3 Å². The average molecular weight is 367 g/mol. The highest BCUT2D eigenvalue weighted by molar-refractivity contribution is 5.94. The van der Waals surface area contributed by atoms with Crippen LogP contribution in [0.1, 0.15) is 18.4 Å². The van der Waals surface area contributed by atoms with E-state index in [-0.39, 0.29) is 11.9 Å². The molecule has 0 bridgehead atoms. The smallest absolute Gasteiger partial charge is 0.324 e. The molecule has 1 aliphatic rings. The van der Waals surface area contributed by atoms with E-state index in [9.17, 15) is 9.59 Å². The Balaban J connectivity index is 1.54. The van der Waals surface area contributed by atoms with Crippen molar-refractivity contribution in [3.8, 4) is 5.75 Å². The summed E-state index contributed by atoms with van der Waals surface area (Å²) < 4.78 is 5.20. The molecule has 3 amide bonds. The van der Waals surface area contributed by atoms with Gasteiger partial charge in [0.2, 0.25) is 5.91 Å². The molecule has 0 aromatic heterocycles. The van der Waals surface area contributed by atoms with E-state index < -0.39 is 0 Å².